The maximum absolute atomic E-state index is 14.1. The van der Waals surface area contributed by atoms with Crippen LogP contribution in [0.1, 0.15) is 18.1 Å². The molecule has 0 aromatic heterocycles. The number of hydrogen-bond acceptors (Lipinski definition) is 2. The van der Waals surface area contributed by atoms with Gasteiger partial charge in [0.15, 0.2) is 7.29 Å². The summed E-state index contributed by atoms with van der Waals surface area (Å²) in [6.45, 7) is 7.28. The number of likely N-dealkylation sites (N-methyl/N-ethyl adjacent to an activating group) is 1. The zero-order chi connectivity index (χ0) is 18.7. The van der Waals surface area contributed by atoms with E-state index in [0.29, 0.717) is 0 Å². The molecular formula is C22H26N2OPS+. The number of nitrogens with one attached hydrogen (secondary N) is 1. The molecule has 4 rings (SSSR count). The molecule has 2 aliphatic heterocycles. The lowest BCUT2D eigenvalue weighted by molar-refractivity contribution is -0.901. The van der Waals surface area contributed by atoms with Crippen molar-refractivity contribution in [2.24, 2.45) is 0 Å². The summed E-state index contributed by atoms with van der Waals surface area (Å²) >= 11 is 1.73. The summed E-state index contributed by atoms with van der Waals surface area (Å²) in [4.78, 5) is 3.81. The summed E-state index contributed by atoms with van der Waals surface area (Å²) < 4.78 is 16.3. The van der Waals surface area contributed by atoms with Crippen LogP contribution in [0.15, 0.2) is 72.3 Å². The van der Waals surface area contributed by atoms with E-state index in [4.69, 9.17) is 0 Å². The minimum absolute atomic E-state index is 0.891. The van der Waals surface area contributed by atoms with Crippen molar-refractivity contribution in [1.29, 1.82) is 0 Å². The molecule has 0 bridgehead atoms. The van der Waals surface area contributed by atoms with Crippen molar-refractivity contribution in [3.8, 4) is 0 Å². The summed E-state index contributed by atoms with van der Waals surface area (Å²) in [6.07, 6.45) is 0. The predicted octanol–water partition coefficient (Wildman–Crippen LogP) is 4.23. The van der Waals surface area contributed by atoms with Crippen molar-refractivity contribution in [3.63, 3.8) is 0 Å². The van der Waals surface area contributed by atoms with Crippen molar-refractivity contribution >= 4 is 28.9 Å². The van der Waals surface area contributed by atoms with E-state index in [0.717, 1.165) is 53.7 Å². The molecule has 1 fully saturated rings. The van der Waals surface area contributed by atoms with E-state index in [1.54, 1.807) is 16.7 Å². The second kappa shape index (κ2) is 8.20. The van der Waals surface area contributed by atoms with Gasteiger partial charge < -0.3 is 4.90 Å². The highest BCUT2D eigenvalue weighted by molar-refractivity contribution is 8.17. The van der Waals surface area contributed by atoms with Crippen LogP contribution in [0.5, 0.6) is 0 Å². The maximum Gasteiger partial charge on any atom is 0.195 e. The lowest BCUT2D eigenvalue weighted by Gasteiger charge is -2.36. The first-order valence-corrected chi connectivity index (χ1v) is 12.2. The van der Waals surface area contributed by atoms with Gasteiger partial charge in [0.25, 0.3) is 0 Å². The lowest BCUT2D eigenvalue weighted by Crippen LogP contribution is -3.14. The first kappa shape index (κ1) is 18.8. The third-order valence-corrected chi connectivity index (χ3v) is 9.37. The van der Waals surface area contributed by atoms with E-state index < -0.39 is 7.29 Å². The first-order chi connectivity index (χ1) is 13.2. The van der Waals surface area contributed by atoms with Crippen LogP contribution in [0.25, 0.3) is 9.81 Å². The Hall–Kier alpha value is -1.58. The third-order valence-electron chi connectivity index (χ3n) is 5.33. The number of nitrogens with zero attached hydrogens (tertiary/aromatic N) is 1. The fraction of sp³-hybridized carbons (Fsp3) is 0.273. The van der Waals surface area contributed by atoms with Gasteiger partial charge in [-0.05, 0) is 18.1 Å². The Balaban J connectivity index is 1.72. The van der Waals surface area contributed by atoms with Crippen LogP contribution in [-0.4, -0.2) is 37.4 Å². The Bertz CT molecular complexity index is 828. The standard InChI is InChI=1S/C22H25N2OPS/c1-2-23-13-15-24(16-14-23)26(25)17-21(19-9-5-3-6-10-19)27-22(18-26)20-11-7-4-8-12-20/h3-12,17-18H,2,13-16H2,1H3/p+1. The summed E-state index contributed by atoms with van der Waals surface area (Å²) in [5.41, 5.74) is 2.28. The van der Waals surface area contributed by atoms with Crippen LogP contribution in [0.2, 0.25) is 0 Å². The average molecular weight is 398 g/mol. The van der Waals surface area contributed by atoms with Crippen molar-refractivity contribution in [3.05, 3.63) is 83.4 Å². The number of benzene rings is 2. The Morgan fingerprint density at radius 3 is 1.81 bits per heavy atom. The molecule has 2 aliphatic rings. The quantitative estimate of drug-likeness (QED) is 0.782. The summed E-state index contributed by atoms with van der Waals surface area (Å²) in [5, 5.41) is 0. The molecule has 27 heavy (non-hydrogen) atoms. The fourth-order valence-electron chi connectivity index (χ4n) is 3.66. The van der Waals surface area contributed by atoms with Gasteiger partial charge in [0, 0.05) is 21.4 Å². The van der Waals surface area contributed by atoms with Crippen LogP contribution in [0.3, 0.4) is 0 Å². The molecule has 2 aromatic rings. The van der Waals surface area contributed by atoms with Crippen molar-refractivity contribution in [2.45, 2.75) is 6.92 Å². The van der Waals surface area contributed by atoms with Gasteiger partial charge >= 0.3 is 0 Å². The number of hydrogen-bond donors (Lipinski definition) is 1. The van der Waals surface area contributed by atoms with Crippen LogP contribution >= 0.6 is 19.1 Å². The zero-order valence-corrected chi connectivity index (χ0v) is 17.4. The number of quaternary nitrogens is 1. The summed E-state index contributed by atoms with van der Waals surface area (Å²) in [6, 6.07) is 20.7. The van der Waals surface area contributed by atoms with E-state index in [2.05, 4.69) is 35.9 Å². The Morgan fingerprint density at radius 2 is 1.37 bits per heavy atom. The second-order valence-corrected chi connectivity index (χ2v) is 10.6. The predicted molar refractivity (Wildman–Crippen MR) is 117 cm³/mol. The molecule has 5 heteroatoms. The highest BCUT2D eigenvalue weighted by Crippen LogP contribution is 2.62. The minimum Gasteiger partial charge on any atom is -0.333 e. The van der Waals surface area contributed by atoms with Crippen LogP contribution in [0.4, 0.5) is 0 Å². The van der Waals surface area contributed by atoms with E-state index in [1.807, 2.05) is 48.0 Å². The monoisotopic (exact) mass is 397 g/mol. The van der Waals surface area contributed by atoms with E-state index in [9.17, 15) is 4.57 Å². The molecule has 0 saturated carbocycles. The molecule has 1 saturated heterocycles. The molecule has 2 aromatic carbocycles. The van der Waals surface area contributed by atoms with Crippen molar-refractivity contribution in [2.75, 3.05) is 32.7 Å². The topological polar surface area (TPSA) is 24.8 Å². The normalized spacial score (nSPS) is 20.8. The highest BCUT2D eigenvalue weighted by atomic mass is 32.2. The fourth-order valence-corrected chi connectivity index (χ4v) is 7.93. The van der Waals surface area contributed by atoms with Crippen molar-refractivity contribution in [1.82, 2.24) is 4.67 Å². The summed E-state index contributed by atoms with van der Waals surface area (Å²) in [7, 11) is -2.69. The average Bonchev–Trinajstić information content (AvgIpc) is 2.75. The zero-order valence-electron chi connectivity index (χ0n) is 15.7. The molecule has 0 spiro atoms. The highest BCUT2D eigenvalue weighted by Gasteiger charge is 2.34. The number of thioether (sulfide) groups is 1. The van der Waals surface area contributed by atoms with Gasteiger partial charge in [-0.2, -0.15) is 0 Å². The van der Waals surface area contributed by atoms with Gasteiger partial charge in [-0.3, -0.25) is 4.57 Å². The molecule has 2 heterocycles. The molecule has 3 nitrogen and oxygen atoms in total. The van der Waals surface area contributed by atoms with Gasteiger partial charge in [0.2, 0.25) is 0 Å². The second-order valence-electron chi connectivity index (χ2n) is 7.05. The molecule has 0 radical (unpaired) electrons. The Morgan fingerprint density at radius 1 is 0.889 bits per heavy atom. The Labute approximate surface area is 166 Å². The van der Waals surface area contributed by atoms with Gasteiger partial charge in [-0.1, -0.05) is 72.4 Å². The largest absolute Gasteiger partial charge is 0.333 e. The van der Waals surface area contributed by atoms with Gasteiger partial charge in [-0.15, -0.1) is 0 Å². The molecule has 0 aliphatic carbocycles. The molecular weight excluding hydrogens is 371 g/mol. The Kier molecular flexibility index (Phi) is 5.70. The molecule has 1 N–H and O–H groups in total. The van der Waals surface area contributed by atoms with Crippen molar-refractivity contribution < 1.29 is 9.46 Å². The van der Waals surface area contributed by atoms with Crippen LogP contribution in [-0.2, 0) is 4.57 Å². The molecule has 0 atom stereocenters. The lowest BCUT2D eigenvalue weighted by atomic mass is 10.2. The third kappa shape index (κ3) is 4.14. The first-order valence-electron chi connectivity index (χ1n) is 9.61. The smallest absolute Gasteiger partial charge is 0.195 e. The van der Waals surface area contributed by atoms with E-state index >= 15 is 0 Å². The van der Waals surface area contributed by atoms with Gasteiger partial charge in [0.05, 0.1) is 32.7 Å². The van der Waals surface area contributed by atoms with Crippen LogP contribution in [0, 0.1) is 0 Å². The molecule has 0 unspecified atom stereocenters. The van der Waals surface area contributed by atoms with Crippen LogP contribution < -0.4 is 4.90 Å². The van der Waals surface area contributed by atoms with Gasteiger partial charge in [0.1, 0.15) is 0 Å². The molecule has 140 valence electrons. The van der Waals surface area contributed by atoms with Gasteiger partial charge in [-0.25, -0.2) is 4.67 Å². The van der Waals surface area contributed by atoms with E-state index in [1.165, 1.54) is 0 Å². The summed E-state index contributed by atoms with van der Waals surface area (Å²) in [5.74, 6) is 4.08. The maximum atomic E-state index is 14.1. The number of piperazine rings is 1. The SMILES string of the molecule is CC[NH+]1CCN(P2(=O)C=C(c3ccccc3)SC(c3ccccc3)=C2)CC1. The molecule has 0 amide bonds. The minimum atomic E-state index is -2.69. The van der Waals surface area contributed by atoms with E-state index in [-0.39, 0.29) is 0 Å². The number of rotatable bonds is 4.